The maximum Gasteiger partial charge on any atom is 0.128 e. The van der Waals surface area contributed by atoms with Crippen molar-refractivity contribution in [3.05, 3.63) is 29.6 Å². The third-order valence-electron chi connectivity index (χ3n) is 1.97. The van der Waals surface area contributed by atoms with Crippen LogP contribution in [-0.4, -0.2) is 23.6 Å². The zero-order valence-electron chi connectivity index (χ0n) is 7.93. The summed E-state index contributed by atoms with van der Waals surface area (Å²) in [4.78, 5) is 0. The third kappa shape index (κ3) is 2.86. The number of rotatable bonds is 4. The van der Waals surface area contributed by atoms with Crippen LogP contribution in [0.15, 0.2) is 18.2 Å². The molecule has 1 atom stereocenters. The van der Waals surface area contributed by atoms with Crippen LogP contribution >= 0.6 is 11.6 Å². The SMILES string of the molecule is Cc1c(F)cccc1NCC(O)CCl. The van der Waals surface area contributed by atoms with E-state index in [-0.39, 0.29) is 11.7 Å². The van der Waals surface area contributed by atoms with Crippen LogP contribution in [0.1, 0.15) is 5.56 Å². The Bertz CT molecular complexity index is 306. The van der Waals surface area contributed by atoms with Gasteiger partial charge < -0.3 is 10.4 Å². The fourth-order valence-corrected chi connectivity index (χ4v) is 1.19. The van der Waals surface area contributed by atoms with Gasteiger partial charge in [0.15, 0.2) is 0 Å². The Labute approximate surface area is 87.7 Å². The Hall–Kier alpha value is -0.800. The number of aliphatic hydroxyl groups excluding tert-OH is 1. The fourth-order valence-electron chi connectivity index (χ4n) is 1.08. The van der Waals surface area contributed by atoms with Gasteiger partial charge in [-0.1, -0.05) is 6.07 Å². The van der Waals surface area contributed by atoms with E-state index < -0.39 is 6.10 Å². The van der Waals surface area contributed by atoms with Gasteiger partial charge in [0.2, 0.25) is 0 Å². The van der Waals surface area contributed by atoms with E-state index in [1.54, 1.807) is 19.1 Å². The molecule has 0 spiro atoms. The number of halogens is 2. The third-order valence-corrected chi connectivity index (χ3v) is 2.33. The Morgan fingerprint density at radius 3 is 2.93 bits per heavy atom. The van der Waals surface area contributed by atoms with Crippen molar-refractivity contribution in [3.63, 3.8) is 0 Å². The summed E-state index contributed by atoms with van der Waals surface area (Å²) < 4.78 is 13.1. The van der Waals surface area contributed by atoms with Crippen LogP contribution in [0.3, 0.4) is 0 Å². The van der Waals surface area contributed by atoms with E-state index in [9.17, 15) is 9.50 Å². The van der Waals surface area contributed by atoms with Gasteiger partial charge in [0.1, 0.15) is 5.82 Å². The number of aliphatic hydroxyl groups is 1. The minimum Gasteiger partial charge on any atom is -0.390 e. The average Bonchev–Trinajstić information content (AvgIpc) is 2.20. The second kappa shape index (κ2) is 5.17. The molecule has 2 nitrogen and oxygen atoms in total. The molecule has 1 rings (SSSR count). The molecule has 78 valence electrons. The van der Waals surface area contributed by atoms with Crippen molar-refractivity contribution in [2.75, 3.05) is 17.7 Å². The first-order valence-corrected chi connectivity index (χ1v) is 4.91. The summed E-state index contributed by atoms with van der Waals surface area (Å²) in [6.45, 7) is 2.01. The summed E-state index contributed by atoms with van der Waals surface area (Å²) in [6.07, 6.45) is -0.612. The smallest absolute Gasteiger partial charge is 0.128 e. The molecule has 0 fully saturated rings. The number of anilines is 1. The second-order valence-electron chi connectivity index (χ2n) is 3.10. The molecule has 1 aromatic carbocycles. The molecule has 2 N–H and O–H groups in total. The Kier molecular flexibility index (Phi) is 4.17. The molecule has 0 saturated carbocycles. The fraction of sp³-hybridized carbons (Fsp3) is 0.400. The van der Waals surface area contributed by atoms with Crippen LogP contribution < -0.4 is 5.32 Å². The second-order valence-corrected chi connectivity index (χ2v) is 3.41. The average molecular weight is 218 g/mol. The van der Waals surface area contributed by atoms with Crippen LogP contribution in [0.25, 0.3) is 0 Å². The topological polar surface area (TPSA) is 32.3 Å². The van der Waals surface area contributed by atoms with Crippen LogP contribution in [0.5, 0.6) is 0 Å². The molecular weight excluding hydrogens is 205 g/mol. The molecule has 0 radical (unpaired) electrons. The molecule has 0 bridgehead atoms. The molecule has 0 aliphatic carbocycles. The van der Waals surface area contributed by atoms with Gasteiger partial charge in [-0.2, -0.15) is 0 Å². The highest BCUT2D eigenvalue weighted by Crippen LogP contribution is 2.17. The van der Waals surface area contributed by atoms with Gasteiger partial charge in [0.25, 0.3) is 0 Å². The first-order valence-electron chi connectivity index (χ1n) is 4.38. The van der Waals surface area contributed by atoms with Gasteiger partial charge in [-0.3, -0.25) is 0 Å². The Morgan fingerprint density at radius 1 is 1.57 bits per heavy atom. The molecule has 0 aliphatic heterocycles. The van der Waals surface area contributed by atoms with Crippen LogP contribution in [0.2, 0.25) is 0 Å². The number of hydrogen-bond donors (Lipinski definition) is 2. The molecule has 0 amide bonds. The summed E-state index contributed by atoms with van der Waals surface area (Å²) in [5, 5.41) is 12.1. The number of hydrogen-bond acceptors (Lipinski definition) is 2. The highest BCUT2D eigenvalue weighted by Gasteiger charge is 2.05. The first kappa shape index (κ1) is 11.3. The van der Waals surface area contributed by atoms with Crippen LogP contribution in [0.4, 0.5) is 10.1 Å². The van der Waals surface area contributed by atoms with E-state index in [0.717, 1.165) is 0 Å². The van der Waals surface area contributed by atoms with Gasteiger partial charge in [-0.15, -0.1) is 11.6 Å². The van der Waals surface area contributed by atoms with E-state index in [1.165, 1.54) is 6.07 Å². The normalized spacial score (nSPS) is 12.6. The Morgan fingerprint density at radius 2 is 2.29 bits per heavy atom. The van der Waals surface area contributed by atoms with Crippen molar-refractivity contribution >= 4 is 17.3 Å². The van der Waals surface area contributed by atoms with E-state index in [1.807, 2.05) is 0 Å². The van der Waals surface area contributed by atoms with Gasteiger partial charge in [-0.25, -0.2) is 4.39 Å². The number of alkyl halides is 1. The standard InChI is InChI=1S/C10H13ClFNO/c1-7-9(12)3-2-4-10(7)13-6-8(14)5-11/h2-4,8,13-14H,5-6H2,1H3. The summed E-state index contributed by atoms with van der Waals surface area (Å²) in [7, 11) is 0. The predicted octanol–water partition coefficient (Wildman–Crippen LogP) is 2.15. The minimum atomic E-state index is -0.612. The zero-order valence-corrected chi connectivity index (χ0v) is 8.68. The molecule has 0 heterocycles. The maximum absolute atomic E-state index is 13.1. The van der Waals surface area contributed by atoms with E-state index in [0.29, 0.717) is 17.8 Å². The van der Waals surface area contributed by atoms with Gasteiger partial charge >= 0.3 is 0 Å². The van der Waals surface area contributed by atoms with Crippen molar-refractivity contribution in [2.45, 2.75) is 13.0 Å². The monoisotopic (exact) mass is 217 g/mol. The van der Waals surface area contributed by atoms with Gasteiger partial charge in [-0.05, 0) is 19.1 Å². The van der Waals surface area contributed by atoms with Crippen molar-refractivity contribution in [1.82, 2.24) is 0 Å². The summed E-state index contributed by atoms with van der Waals surface area (Å²) in [6, 6.07) is 4.79. The van der Waals surface area contributed by atoms with Crippen molar-refractivity contribution < 1.29 is 9.50 Å². The van der Waals surface area contributed by atoms with E-state index in [2.05, 4.69) is 5.32 Å². The lowest BCUT2D eigenvalue weighted by Crippen LogP contribution is -2.21. The number of nitrogens with one attached hydrogen (secondary N) is 1. The lowest BCUT2D eigenvalue weighted by molar-refractivity contribution is 0.211. The molecule has 0 aliphatic rings. The highest BCUT2D eigenvalue weighted by molar-refractivity contribution is 6.18. The Balaban J connectivity index is 2.63. The summed E-state index contributed by atoms with van der Waals surface area (Å²) in [5.74, 6) is -0.0863. The molecule has 4 heteroatoms. The summed E-state index contributed by atoms with van der Waals surface area (Å²) in [5.41, 5.74) is 1.24. The summed E-state index contributed by atoms with van der Waals surface area (Å²) >= 11 is 5.43. The van der Waals surface area contributed by atoms with E-state index in [4.69, 9.17) is 11.6 Å². The van der Waals surface area contributed by atoms with Crippen LogP contribution in [-0.2, 0) is 0 Å². The highest BCUT2D eigenvalue weighted by atomic mass is 35.5. The largest absolute Gasteiger partial charge is 0.390 e. The van der Waals surface area contributed by atoms with Crippen molar-refractivity contribution in [1.29, 1.82) is 0 Å². The minimum absolute atomic E-state index is 0.168. The molecule has 14 heavy (non-hydrogen) atoms. The lowest BCUT2D eigenvalue weighted by Gasteiger charge is -2.12. The van der Waals surface area contributed by atoms with Gasteiger partial charge in [0, 0.05) is 17.8 Å². The van der Waals surface area contributed by atoms with Crippen molar-refractivity contribution in [3.8, 4) is 0 Å². The molecule has 0 saturated heterocycles. The van der Waals surface area contributed by atoms with E-state index >= 15 is 0 Å². The van der Waals surface area contributed by atoms with Gasteiger partial charge in [0.05, 0.1) is 12.0 Å². The molecule has 0 aromatic heterocycles. The lowest BCUT2D eigenvalue weighted by atomic mass is 10.2. The quantitative estimate of drug-likeness (QED) is 0.758. The van der Waals surface area contributed by atoms with Crippen molar-refractivity contribution in [2.24, 2.45) is 0 Å². The molecular formula is C10H13ClFNO. The number of benzene rings is 1. The zero-order chi connectivity index (χ0) is 10.6. The molecule has 1 aromatic rings. The maximum atomic E-state index is 13.1. The molecule has 1 unspecified atom stereocenters. The predicted molar refractivity (Wildman–Crippen MR) is 56.4 cm³/mol. The first-order chi connectivity index (χ1) is 6.65. The van der Waals surface area contributed by atoms with Crippen LogP contribution in [0, 0.1) is 12.7 Å².